The van der Waals surface area contributed by atoms with Crippen molar-refractivity contribution in [1.29, 1.82) is 0 Å². The number of piperidine rings is 1. The Morgan fingerprint density at radius 2 is 1.73 bits per heavy atom. The first kappa shape index (κ1) is 23.9. The average molecular weight is 495 g/mol. The first-order valence-electron chi connectivity index (χ1n) is 12.0. The van der Waals surface area contributed by atoms with E-state index in [0.717, 1.165) is 18.5 Å². The zero-order valence-electron chi connectivity index (χ0n) is 20.1. The summed E-state index contributed by atoms with van der Waals surface area (Å²) in [5, 5.41) is 2.87. The number of fused-ring (bicyclic) bond motifs is 1. The van der Waals surface area contributed by atoms with E-state index in [-0.39, 0.29) is 23.4 Å². The summed E-state index contributed by atoms with van der Waals surface area (Å²) in [6.45, 7) is 4.77. The SMILES string of the molecule is C=CC(=O)N1CCC(c2nccn3c(C(N)=O)c(-c4ccc(NC(=O)c5ccccc5)cc4)nc23)CC1. The minimum absolute atomic E-state index is 0.0767. The van der Waals surface area contributed by atoms with Crippen molar-refractivity contribution in [2.45, 2.75) is 18.8 Å². The van der Waals surface area contributed by atoms with Gasteiger partial charge in [0.2, 0.25) is 5.91 Å². The fourth-order valence-corrected chi connectivity index (χ4v) is 4.73. The molecule has 37 heavy (non-hydrogen) atoms. The van der Waals surface area contributed by atoms with Gasteiger partial charge >= 0.3 is 0 Å². The maximum atomic E-state index is 12.5. The molecule has 4 aromatic rings. The molecule has 2 aromatic heterocycles. The number of rotatable bonds is 6. The van der Waals surface area contributed by atoms with Gasteiger partial charge in [-0.3, -0.25) is 23.8 Å². The predicted octanol–water partition coefficient (Wildman–Crippen LogP) is 3.64. The summed E-state index contributed by atoms with van der Waals surface area (Å²) in [7, 11) is 0. The molecular formula is C28H26N6O3. The second-order valence-electron chi connectivity index (χ2n) is 8.88. The average Bonchev–Trinajstić information content (AvgIpc) is 3.34. The molecule has 0 bridgehead atoms. The summed E-state index contributed by atoms with van der Waals surface area (Å²) >= 11 is 0. The molecule has 1 saturated heterocycles. The standard InChI is InChI=1S/C28H26N6O3/c1-2-22(35)33-15-12-19(13-16-33)24-27-32-23(25(26(29)36)34(27)17-14-30-24)18-8-10-21(11-9-18)31-28(37)20-6-4-3-5-7-20/h2-11,14,17,19H,1,12-13,15-16H2,(H2,29,36)(H,31,37). The van der Waals surface area contributed by atoms with E-state index >= 15 is 0 Å². The second kappa shape index (κ2) is 10.1. The molecule has 1 fully saturated rings. The number of imidazole rings is 1. The van der Waals surface area contributed by atoms with Crippen LogP contribution in [-0.4, -0.2) is 50.1 Å². The summed E-state index contributed by atoms with van der Waals surface area (Å²) in [6.07, 6.45) is 6.12. The van der Waals surface area contributed by atoms with Crippen molar-refractivity contribution in [2.24, 2.45) is 5.73 Å². The molecule has 0 radical (unpaired) electrons. The number of likely N-dealkylation sites (tertiary alicyclic amines) is 1. The smallest absolute Gasteiger partial charge is 0.268 e. The van der Waals surface area contributed by atoms with Crippen LogP contribution in [0.2, 0.25) is 0 Å². The van der Waals surface area contributed by atoms with Crippen LogP contribution >= 0.6 is 0 Å². The summed E-state index contributed by atoms with van der Waals surface area (Å²) < 4.78 is 1.69. The zero-order chi connectivity index (χ0) is 25.9. The van der Waals surface area contributed by atoms with Gasteiger partial charge in [-0.2, -0.15) is 0 Å². The third-order valence-electron chi connectivity index (χ3n) is 6.62. The first-order valence-corrected chi connectivity index (χ1v) is 12.0. The molecule has 3 N–H and O–H groups in total. The van der Waals surface area contributed by atoms with Crippen LogP contribution in [-0.2, 0) is 4.79 Å². The Balaban J connectivity index is 1.44. The van der Waals surface area contributed by atoms with E-state index < -0.39 is 5.91 Å². The summed E-state index contributed by atoms with van der Waals surface area (Å²) in [4.78, 5) is 48.1. The Kier molecular flexibility index (Phi) is 6.51. The molecule has 9 nitrogen and oxygen atoms in total. The number of benzene rings is 2. The van der Waals surface area contributed by atoms with Gasteiger partial charge in [0.05, 0.1) is 5.69 Å². The van der Waals surface area contributed by atoms with Crippen molar-refractivity contribution in [1.82, 2.24) is 19.3 Å². The van der Waals surface area contributed by atoms with Crippen molar-refractivity contribution in [3.8, 4) is 11.3 Å². The molecule has 0 aliphatic carbocycles. The van der Waals surface area contributed by atoms with Crippen molar-refractivity contribution in [2.75, 3.05) is 18.4 Å². The normalized spacial score (nSPS) is 13.9. The zero-order valence-corrected chi connectivity index (χ0v) is 20.1. The lowest BCUT2D eigenvalue weighted by atomic mass is 9.93. The number of carbonyl (C=O) groups excluding carboxylic acids is 3. The molecule has 1 aliphatic rings. The number of anilines is 1. The molecule has 1 aliphatic heterocycles. The maximum Gasteiger partial charge on any atom is 0.268 e. The van der Waals surface area contributed by atoms with Gasteiger partial charge in [0, 0.05) is 48.2 Å². The molecule has 0 saturated carbocycles. The lowest BCUT2D eigenvalue weighted by Crippen LogP contribution is -2.37. The highest BCUT2D eigenvalue weighted by molar-refractivity contribution is 6.04. The van der Waals surface area contributed by atoms with Gasteiger partial charge in [-0.25, -0.2) is 4.98 Å². The number of nitrogens with two attached hydrogens (primary N) is 1. The molecule has 0 unspecified atom stereocenters. The second-order valence-corrected chi connectivity index (χ2v) is 8.88. The number of carbonyl (C=O) groups is 3. The molecule has 3 amide bonds. The van der Waals surface area contributed by atoms with E-state index in [1.807, 2.05) is 6.07 Å². The Morgan fingerprint density at radius 1 is 1.03 bits per heavy atom. The number of hydrogen-bond donors (Lipinski definition) is 2. The van der Waals surface area contributed by atoms with Gasteiger partial charge in [-0.05, 0) is 43.2 Å². The van der Waals surface area contributed by atoms with Crippen LogP contribution in [0.25, 0.3) is 16.9 Å². The molecule has 0 atom stereocenters. The number of nitrogens with zero attached hydrogens (tertiary/aromatic N) is 4. The van der Waals surface area contributed by atoms with Gasteiger partial charge in [0.1, 0.15) is 11.4 Å². The largest absolute Gasteiger partial charge is 0.364 e. The fourth-order valence-electron chi connectivity index (χ4n) is 4.73. The van der Waals surface area contributed by atoms with Gasteiger partial charge in [-0.15, -0.1) is 0 Å². The van der Waals surface area contributed by atoms with E-state index in [2.05, 4.69) is 16.9 Å². The number of primary amides is 1. The predicted molar refractivity (Wildman–Crippen MR) is 140 cm³/mol. The summed E-state index contributed by atoms with van der Waals surface area (Å²) in [6, 6.07) is 16.1. The van der Waals surface area contributed by atoms with Gasteiger partial charge in [0.25, 0.3) is 11.8 Å². The van der Waals surface area contributed by atoms with Crippen LogP contribution < -0.4 is 11.1 Å². The number of hydrogen-bond acceptors (Lipinski definition) is 5. The Morgan fingerprint density at radius 3 is 2.38 bits per heavy atom. The van der Waals surface area contributed by atoms with Crippen LogP contribution in [0.4, 0.5) is 5.69 Å². The quantitative estimate of drug-likeness (QED) is 0.396. The van der Waals surface area contributed by atoms with E-state index in [1.54, 1.807) is 70.2 Å². The Bertz CT molecular complexity index is 1490. The van der Waals surface area contributed by atoms with E-state index in [0.29, 0.717) is 41.2 Å². The molecule has 3 heterocycles. The molecule has 9 heteroatoms. The number of aromatic nitrogens is 3. The van der Waals surface area contributed by atoms with E-state index in [1.165, 1.54) is 6.08 Å². The van der Waals surface area contributed by atoms with Crippen molar-refractivity contribution in [3.05, 3.63) is 96.6 Å². The highest BCUT2D eigenvalue weighted by Gasteiger charge is 2.28. The van der Waals surface area contributed by atoms with Gasteiger partial charge < -0.3 is 16.0 Å². The summed E-state index contributed by atoms with van der Waals surface area (Å²) in [5.41, 5.74) is 9.70. The third-order valence-corrected chi connectivity index (χ3v) is 6.62. The van der Waals surface area contributed by atoms with Crippen molar-refractivity contribution < 1.29 is 14.4 Å². The third kappa shape index (κ3) is 4.71. The first-order chi connectivity index (χ1) is 18.0. The maximum absolute atomic E-state index is 12.5. The van der Waals surface area contributed by atoms with Gasteiger partial charge in [0.15, 0.2) is 5.65 Å². The summed E-state index contributed by atoms with van der Waals surface area (Å²) in [5.74, 6) is -0.806. The fraction of sp³-hybridized carbons (Fsp3) is 0.179. The molecule has 5 rings (SSSR count). The highest BCUT2D eigenvalue weighted by Crippen LogP contribution is 2.32. The van der Waals surface area contributed by atoms with Crippen molar-refractivity contribution >= 4 is 29.1 Å². The van der Waals surface area contributed by atoms with Crippen LogP contribution in [0, 0.1) is 0 Å². The minimum atomic E-state index is -0.604. The Labute approximate surface area is 213 Å². The highest BCUT2D eigenvalue weighted by atomic mass is 16.2. The van der Waals surface area contributed by atoms with Crippen LogP contribution in [0.3, 0.4) is 0 Å². The number of nitrogens with one attached hydrogen (secondary N) is 1. The molecular weight excluding hydrogens is 468 g/mol. The topological polar surface area (TPSA) is 123 Å². The van der Waals surface area contributed by atoms with Crippen LogP contribution in [0.15, 0.2) is 79.6 Å². The lowest BCUT2D eigenvalue weighted by molar-refractivity contribution is -0.127. The molecule has 186 valence electrons. The van der Waals surface area contributed by atoms with Crippen LogP contribution in [0.1, 0.15) is 45.3 Å². The lowest BCUT2D eigenvalue weighted by Gasteiger charge is -2.31. The molecule has 2 aromatic carbocycles. The van der Waals surface area contributed by atoms with E-state index in [4.69, 9.17) is 10.7 Å². The monoisotopic (exact) mass is 494 g/mol. The van der Waals surface area contributed by atoms with Gasteiger partial charge in [-0.1, -0.05) is 36.9 Å². The van der Waals surface area contributed by atoms with Crippen LogP contribution in [0.5, 0.6) is 0 Å². The van der Waals surface area contributed by atoms with E-state index in [9.17, 15) is 14.4 Å². The minimum Gasteiger partial charge on any atom is -0.364 e. The Hall–Kier alpha value is -4.79. The molecule has 0 spiro atoms. The number of amides is 3. The van der Waals surface area contributed by atoms with Crippen molar-refractivity contribution in [3.63, 3.8) is 0 Å².